The van der Waals surface area contributed by atoms with Crippen molar-refractivity contribution in [3.05, 3.63) is 21.9 Å². The zero-order valence-electron chi connectivity index (χ0n) is 12.3. The van der Waals surface area contributed by atoms with Crippen LogP contribution in [-0.4, -0.2) is 41.7 Å². The Balaban J connectivity index is 1.81. The van der Waals surface area contributed by atoms with Crippen molar-refractivity contribution in [2.24, 2.45) is 5.92 Å². The van der Waals surface area contributed by atoms with Gasteiger partial charge in [0.05, 0.1) is 13.2 Å². The molecule has 2 heterocycles. The lowest BCUT2D eigenvalue weighted by molar-refractivity contribution is -0.131. The molecule has 112 valence electrons. The molecule has 1 aromatic heterocycles. The Labute approximate surface area is 124 Å². The number of aliphatic hydroxyl groups excluding tert-OH is 1. The Morgan fingerprint density at radius 3 is 3.05 bits per heavy atom. The number of carbonyl (C=O) groups excluding carboxylic acids is 1. The first-order chi connectivity index (χ1) is 9.60. The maximum absolute atomic E-state index is 12.2. The summed E-state index contributed by atoms with van der Waals surface area (Å²) in [5, 5.41) is 14.6. The number of hydrogen-bond acceptors (Lipinski definition) is 4. The van der Waals surface area contributed by atoms with Crippen LogP contribution in [0.3, 0.4) is 0 Å². The highest BCUT2D eigenvalue weighted by Crippen LogP contribution is 2.23. The van der Waals surface area contributed by atoms with E-state index in [0.29, 0.717) is 12.5 Å². The van der Waals surface area contributed by atoms with Crippen molar-refractivity contribution in [2.45, 2.75) is 39.3 Å². The minimum absolute atomic E-state index is 0.0143. The second-order valence-electron chi connectivity index (χ2n) is 5.82. The lowest BCUT2D eigenvalue weighted by Gasteiger charge is -2.28. The van der Waals surface area contributed by atoms with E-state index in [1.54, 1.807) is 11.3 Å². The van der Waals surface area contributed by atoms with Crippen LogP contribution in [0.5, 0.6) is 0 Å². The molecule has 0 spiro atoms. The fourth-order valence-corrected chi connectivity index (χ4v) is 3.49. The molecule has 1 amide bonds. The summed E-state index contributed by atoms with van der Waals surface area (Å²) in [6.07, 6.45) is 1.85. The lowest BCUT2D eigenvalue weighted by atomic mass is 10.0. The van der Waals surface area contributed by atoms with Crippen molar-refractivity contribution < 1.29 is 9.90 Å². The van der Waals surface area contributed by atoms with Crippen molar-refractivity contribution in [1.82, 2.24) is 10.2 Å². The highest BCUT2D eigenvalue weighted by atomic mass is 32.1. The molecular weight excluding hydrogens is 272 g/mol. The number of hydrogen-bond donors (Lipinski definition) is 2. The molecule has 1 aromatic rings. The molecule has 2 rings (SSSR count). The SMILES string of the molecule is CC(C)CC(CO)NCC(=O)N1CCc2sccc2C1. The van der Waals surface area contributed by atoms with Crippen LogP contribution < -0.4 is 5.32 Å². The van der Waals surface area contributed by atoms with Crippen LogP contribution in [0.4, 0.5) is 0 Å². The highest BCUT2D eigenvalue weighted by molar-refractivity contribution is 7.10. The maximum atomic E-state index is 12.2. The first-order valence-electron chi connectivity index (χ1n) is 7.27. The summed E-state index contributed by atoms with van der Waals surface area (Å²) in [6.45, 7) is 6.18. The number of fused-ring (bicyclic) bond motifs is 1. The van der Waals surface area contributed by atoms with E-state index in [-0.39, 0.29) is 18.6 Å². The standard InChI is InChI=1S/C15H24N2O2S/c1-11(2)7-13(10-18)16-8-15(19)17-5-3-14-12(9-17)4-6-20-14/h4,6,11,13,16,18H,3,5,7-10H2,1-2H3. The molecule has 0 aromatic carbocycles. The van der Waals surface area contributed by atoms with Crippen LogP contribution in [0.2, 0.25) is 0 Å². The van der Waals surface area contributed by atoms with Gasteiger partial charge in [-0.05, 0) is 35.8 Å². The molecule has 0 radical (unpaired) electrons. The van der Waals surface area contributed by atoms with Crippen LogP contribution in [0, 0.1) is 5.92 Å². The van der Waals surface area contributed by atoms with Gasteiger partial charge in [-0.15, -0.1) is 11.3 Å². The first-order valence-corrected chi connectivity index (χ1v) is 8.15. The molecule has 0 saturated heterocycles. The molecular formula is C15H24N2O2S. The maximum Gasteiger partial charge on any atom is 0.236 e. The van der Waals surface area contributed by atoms with E-state index in [4.69, 9.17) is 0 Å². The third-order valence-electron chi connectivity index (χ3n) is 3.68. The van der Waals surface area contributed by atoms with E-state index in [0.717, 1.165) is 25.9 Å². The predicted octanol–water partition coefficient (Wildman–Crippen LogP) is 1.63. The van der Waals surface area contributed by atoms with Gasteiger partial charge in [-0.1, -0.05) is 13.8 Å². The highest BCUT2D eigenvalue weighted by Gasteiger charge is 2.21. The van der Waals surface area contributed by atoms with E-state index in [1.807, 2.05) is 4.90 Å². The van der Waals surface area contributed by atoms with Gasteiger partial charge < -0.3 is 15.3 Å². The van der Waals surface area contributed by atoms with Gasteiger partial charge in [0.1, 0.15) is 0 Å². The Morgan fingerprint density at radius 2 is 2.35 bits per heavy atom. The van der Waals surface area contributed by atoms with E-state index in [1.165, 1.54) is 10.4 Å². The van der Waals surface area contributed by atoms with Crippen LogP contribution in [-0.2, 0) is 17.8 Å². The molecule has 1 atom stereocenters. The summed E-state index contributed by atoms with van der Waals surface area (Å²) >= 11 is 1.78. The monoisotopic (exact) mass is 296 g/mol. The van der Waals surface area contributed by atoms with Gasteiger partial charge in [0.2, 0.25) is 5.91 Å². The first kappa shape index (κ1) is 15.5. The molecule has 2 N–H and O–H groups in total. The molecule has 1 aliphatic rings. The zero-order chi connectivity index (χ0) is 14.5. The summed E-state index contributed by atoms with van der Waals surface area (Å²) in [5.41, 5.74) is 1.29. The molecule has 0 fully saturated rings. The normalized spacial score (nSPS) is 16.3. The van der Waals surface area contributed by atoms with E-state index < -0.39 is 0 Å². The summed E-state index contributed by atoms with van der Waals surface area (Å²) in [5.74, 6) is 0.641. The molecule has 5 heteroatoms. The second-order valence-corrected chi connectivity index (χ2v) is 6.82. The van der Waals surface area contributed by atoms with Gasteiger partial charge in [0.25, 0.3) is 0 Å². The molecule has 1 aliphatic heterocycles. The summed E-state index contributed by atoms with van der Waals surface area (Å²) in [6, 6.07) is 2.13. The number of nitrogens with zero attached hydrogens (tertiary/aromatic N) is 1. The summed E-state index contributed by atoms with van der Waals surface area (Å²) < 4.78 is 0. The van der Waals surface area contributed by atoms with Gasteiger partial charge in [-0.3, -0.25) is 4.79 Å². The van der Waals surface area contributed by atoms with Crippen molar-refractivity contribution in [3.8, 4) is 0 Å². The Kier molecular flexibility index (Phi) is 5.57. The largest absolute Gasteiger partial charge is 0.395 e. The molecule has 0 aliphatic carbocycles. The minimum Gasteiger partial charge on any atom is -0.395 e. The van der Waals surface area contributed by atoms with Crippen molar-refractivity contribution in [2.75, 3.05) is 19.7 Å². The topological polar surface area (TPSA) is 52.6 Å². The van der Waals surface area contributed by atoms with Gasteiger partial charge in [-0.2, -0.15) is 0 Å². The van der Waals surface area contributed by atoms with Crippen LogP contribution in [0.15, 0.2) is 11.4 Å². The van der Waals surface area contributed by atoms with Gasteiger partial charge in [0, 0.05) is 24.0 Å². The number of thiophene rings is 1. The van der Waals surface area contributed by atoms with E-state index in [9.17, 15) is 9.90 Å². The third-order valence-corrected chi connectivity index (χ3v) is 4.70. The Hall–Kier alpha value is -0.910. The van der Waals surface area contributed by atoms with Gasteiger partial charge in [-0.25, -0.2) is 0 Å². The van der Waals surface area contributed by atoms with Crippen LogP contribution >= 0.6 is 11.3 Å². The average molecular weight is 296 g/mol. The van der Waals surface area contributed by atoms with Crippen molar-refractivity contribution >= 4 is 17.2 Å². The van der Waals surface area contributed by atoms with E-state index in [2.05, 4.69) is 30.6 Å². The Bertz CT molecular complexity index is 445. The van der Waals surface area contributed by atoms with Crippen molar-refractivity contribution in [3.63, 3.8) is 0 Å². The summed E-state index contributed by atoms with van der Waals surface area (Å²) in [7, 11) is 0. The number of carbonyl (C=O) groups is 1. The van der Waals surface area contributed by atoms with Gasteiger partial charge in [0.15, 0.2) is 0 Å². The zero-order valence-corrected chi connectivity index (χ0v) is 13.1. The molecule has 1 unspecified atom stereocenters. The van der Waals surface area contributed by atoms with Crippen LogP contribution in [0.25, 0.3) is 0 Å². The summed E-state index contributed by atoms with van der Waals surface area (Å²) in [4.78, 5) is 15.5. The minimum atomic E-state index is 0.0143. The fraction of sp³-hybridized carbons (Fsp3) is 0.667. The fourth-order valence-electron chi connectivity index (χ4n) is 2.60. The average Bonchev–Trinajstić information content (AvgIpc) is 2.89. The molecule has 4 nitrogen and oxygen atoms in total. The van der Waals surface area contributed by atoms with Gasteiger partial charge >= 0.3 is 0 Å². The second kappa shape index (κ2) is 7.20. The number of rotatable bonds is 6. The molecule has 0 saturated carbocycles. The van der Waals surface area contributed by atoms with E-state index >= 15 is 0 Å². The number of nitrogens with one attached hydrogen (secondary N) is 1. The van der Waals surface area contributed by atoms with Crippen molar-refractivity contribution in [1.29, 1.82) is 0 Å². The van der Waals surface area contributed by atoms with Crippen LogP contribution in [0.1, 0.15) is 30.7 Å². The lowest BCUT2D eigenvalue weighted by Crippen LogP contribution is -2.44. The predicted molar refractivity (Wildman–Crippen MR) is 81.8 cm³/mol. The number of amides is 1. The number of aliphatic hydroxyl groups is 1. The smallest absolute Gasteiger partial charge is 0.236 e. The third kappa shape index (κ3) is 4.04. The molecule has 20 heavy (non-hydrogen) atoms. The Morgan fingerprint density at radius 1 is 1.55 bits per heavy atom. The quantitative estimate of drug-likeness (QED) is 0.839. The molecule has 0 bridgehead atoms.